The highest BCUT2D eigenvalue weighted by atomic mass is 16.6. The highest BCUT2D eigenvalue weighted by molar-refractivity contribution is 5.94. The van der Waals surface area contributed by atoms with E-state index in [0.29, 0.717) is 32.4 Å². The molecule has 3 N–H and O–H groups in total. The van der Waals surface area contributed by atoms with Gasteiger partial charge in [0.1, 0.15) is 18.7 Å². The van der Waals surface area contributed by atoms with Gasteiger partial charge < -0.3 is 20.7 Å². The second-order valence-electron chi connectivity index (χ2n) is 6.97. The van der Waals surface area contributed by atoms with Gasteiger partial charge in [0, 0.05) is 13.1 Å². The van der Waals surface area contributed by atoms with Crippen molar-refractivity contribution in [2.24, 2.45) is 5.73 Å². The fourth-order valence-corrected chi connectivity index (χ4v) is 3.55. The SMILES string of the molecule is NC(=O)CN1CC[C@@H](NC(=O)[C@H]2CCCN2C(=O)OCc2ccccc2)C1=O. The van der Waals surface area contributed by atoms with Gasteiger partial charge in [-0.05, 0) is 24.8 Å². The molecule has 0 aliphatic carbocycles. The Morgan fingerprint density at radius 2 is 1.89 bits per heavy atom. The lowest BCUT2D eigenvalue weighted by atomic mass is 10.1. The van der Waals surface area contributed by atoms with Gasteiger partial charge in [-0.15, -0.1) is 0 Å². The Kier molecular flexibility index (Phi) is 6.13. The van der Waals surface area contributed by atoms with Crippen LogP contribution in [-0.4, -0.2) is 65.3 Å². The summed E-state index contributed by atoms with van der Waals surface area (Å²) in [5.41, 5.74) is 5.99. The third-order valence-corrected chi connectivity index (χ3v) is 4.96. The molecule has 2 aliphatic heterocycles. The molecule has 9 heteroatoms. The summed E-state index contributed by atoms with van der Waals surface area (Å²) in [4.78, 5) is 51.0. The first-order valence-electron chi connectivity index (χ1n) is 9.30. The summed E-state index contributed by atoms with van der Waals surface area (Å²) in [6.45, 7) is 0.763. The highest BCUT2D eigenvalue weighted by Crippen LogP contribution is 2.20. The van der Waals surface area contributed by atoms with Gasteiger partial charge in [0.25, 0.3) is 0 Å². The maximum absolute atomic E-state index is 12.6. The molecule has 1 aromatic carbocycles. The zero-order chi connectivity index (χ0) is 20.1. The molecule has 9 nitrogen and oxygen atoms in total. The number of carbonyl (C=O) groups is 4. The average molecular weight is 388 g/mol. The number of nitrogens with two attached hydrogens (primary N) is 1. The fourth-order valence-electron chi connectivity index (χ4n) is 3.55. The summed E-state index contributed by atoms with van der Waals surface area (Å²) in [5.74, 6) is -1.31. The maximum Gasteiger partial charge on any atom is 0.410 e. The van der Waals surface area contributed by atoms with E-state index in [0.717, 1.165) is 5.56 Å². The molecule has 2 atom stereocenters. The molecule has 150 valence electrons. The van der Waals surface area contributed by atoms with Gasteiger partial charge in [0.2, 0.25) is 17.7 Å². The number of carbonyl (C=O) groups excluding carboxylic acids is 4. The predicted octanol–water partition coefficient (Wildman–Crippen LogP) is -0.01000. The van der Waals surface area contributed by atoms with Crippen LogP contribution in [0, 0.1) is 0 Å². The molecule has 1 aromatic rings. The van der Waals surface area contributed by atoms with E-state index >= 15 is 0 Å². The number of nitrogens with zero attached hydrogens (tertiary/aromatic N) is 2. The van der Waals surface area contributed by atoms with Crippen LogP contribution in [0.5, 0.6) is 0 Å². The van der Waals surface area contributed by atoms with E-state index in [2.05, 4.69) is 5.32 Å². The first-order valence-corrected chi connectivity index (χ1v) is 9.30. The minimum absolute atomic E-state index is 0.133. The number of likely N-dealkylation sites (tertiary alicyclic amines) is 2. The number of rotatable bonds is 6. The molecular weight excluding hydrogens is 364 g/mol. The van der Waals surface area contributed by atoms with E-state index in [4.69, 9.17) is 10.5 Å². The average Bonchev–Trinajstić information content (AvgIpc) is 3.29. The fraction of sp³-hybridized carbons (Fsp3) is 0.474. The zero-order valence-corrected chi connectivity index (χ0v) is 15.5. The van der Waals surface area contributed by atoms with Crippen LogP contribution in [0.2, 0.25) is 0 Å². The summed E-state index contributed by atoms with van der Waals surface area (Å²) in [6, 6.07) is 7.93. The summed E-state index contributed by atoms with van der Waals surface area (Å²) < 4.78 is 5.32. The number of benzene rings is 1. The second-order valence-corrected chi connectivity index (χ2v) is 6.97. The Morgan fingerprint density at radius 3 is 2.61 bits per heavy atom. The smallest absolute Gasteiger partial charge is 0.410 e. The van der Waals surface area contributed by atoms with Crippen LogP contribution < -0.4 is 11.1 Å². The van der Waals surface area contributed by atoms with Crippen molar-refractivity contribution in [2.45, 2.75) is 38.0 Å². The van der Waals surface area contributed by atoms with Gasteiger partial charge in [-0.1, -0.05) is 30.3 Å². The summed E-state index contributed by atoms with van der Waals surface area (Å²) in [7, 11) is 0. The Balaban J connectivity index is 1.53. The molecule has 0 radical (unpaired) electrons. The molecule has 3 rings (SSSR count). The summed E-state index contributed by atoms with van der Waals surface area (Å²) in [6.07, 6.45) is 1.06. The Hall–Kier alpha value is -3.10. The van der Waals surface area contributed by atoms with E-state index < -0.39 is 24.1 Å². The molecule has 0 unspecified atom stereocenters. The first-order chi connectivity index (χ1) is 13.5. The van der Waals surface area contributed by atoms with E-state index in [1.165, 1.54) is 9.80 Å². The normalized spacial score (nSPS) is 21.6. The predicted molar refractivity (Wildman–Crippen MR) is 98.7 cm³/mol. The van der Waals surface area contributed by atoms with Crippen LogP contribution in [0.4, 0.5) is 4.79 Å². The van der Waals surface area contributed by atoms with Gasteiger partial charge in [-0.2, -0.15) is 0 Å². The van der Waals surface area contributed by atoms with Crippen LogP contribution in [0.15, 0.2) is 30.3 Å². The molecule has 0 bridgehead atoms. The Labute approximate surface area is 162 Å². The second kappa shape index (κ2) is 8.73. The number of hydrogen-bond donors (Lipinski definition) is 2. The van der Waals surface area contributed by atoms with Crippen LogP contribution >= 0.6 is 0 Å². The lowest BCUT2D eigenvalue weighted by Crippen LogP contribution is -2.51. The van der Waals surface area contributed by atoms with E-state index in [-0.39, 0.29) is 25.0 Å². The first kappa shape index (κ1) is 19.7. The van der Waals surface area contributed by atoms with Gasteiger partial charge in [-0.25, -0.2) is 4.79 Å². The van der Waals surface area contributed by atoms with Gasteiger partial charge >= 0.3 is 6.09 Å². The number of primary amides is 1. The van der Waals surface area contributed by atoms with Crippen molar-refractivity contribution in [1.82, 2.24) is 15.1 Å². The minimum atomic E-state index is -0.699. The van der Waals surface area contributed by atoms with Crippen molar-refractivity contribution in [3.05, 3.63) is 35.9 Å². The summed E-state index contributed by atoms with van der Waals surface area (Å²) >= 11 is 0. The third kappa shape index (κ3) is 4.59. The molecule has 2 heterocycles. The molecule has 2 aliphatic rings. The standard InChI is InChI=1S/C19H24N4O5/c20-16(24)11-22-10-8-14(18(22)26)21-17(25)15-7-4-9-23(15)19(27)28-12-13-5-2-1-3-6-13/h1-3,5-6,14-15H,4,7-12H2,(H2,20,24)(H,21,25)/t14-,15-/m1/s1. The van der Waals surface area contributed by atoms with E-state index in [9.17, 15) is 19.2 Å². The van der Waals surface area contributed by atoms with E-state index in [1.54, 1.807) is 0 Å². The van der Waals surface area contributed by atoms with Crippen LogP contribution in [-0.2, 0) is 25.7 Å². The molecule has 0 saturated carbocycles. The van der Waals surface area contributed by atoms with Crippen LogP contribution in [0.3, 0.4) is 0 Å². The monoisotopic (exact) mass is 388 g/mol. The molecule has 2 saturated heterocycles. The van der Waals surface area contributed by atoms with Crippen LogP contribution in [0.1, 0.15) is 24.8 Å². The van der Waals surface area contributed by atoms with Gasteiger partial charge in [-0.3, -0.25) is 19.3 Å². The minimum Gasteiger partial charge on any atom is -0.445 e. The topological polar surface area (TPSA) is 122 Å². The molecule has 0 aromatic heterocycles. The van der Waals surface area contributed by atoms with Crippen molar-refractivity contribution in [2.75, 3.05) is 19.6 Å². The Bertz CT molecular complexity index is 754. The maximum atomic E-state index is 12.6. The lowest BCUT2D eigenvalue weighted by molar-refractivity contribution is -0.135. The Morgan fingerprint density at radius 1 is 1.14 bits per heavy atom. The zero-order valence-electron chi connectivity index (χ0n) is 15.5. The molecule has 28 heavy (non-hydrogen) atoms. The number of amides is 4. The third-order valence-electron chi connectivity index (χ3n) is 4.96. The van der Waals surface area contributed by atoms with Crippen LogP contribution in [0.25, 0.3) is 0 Å². The molecule has 2 fully saturated rings. The van der Waals surface area contributed by atoms with Gasteiger partial charge in [0.05, 0.1) is 6.54 Å². The van der Waals surface area contributed by atoms with E-state index in [1.807, 2.05) is 30.3 Å². The lowest BCUT2D eigenvalue weighted by Gasteiger charge is -2.24. The number of nitrogens with one attached hydrogen (secondary N) is 1. The highest BCUT2D eigenvalue weighted by Gasteiger charge is 2.39. The summed E-state index contributed by atoms with van der Waals surface area (Å²) in [5, 5.41) is 2.70. The van der Waals surface area contributed by atoms with Crippen molar-refractivity contribution >= 4 is 23.8 Å². The number of hydrogen-bond acceptors (Lipinski definition) is 5. The largest absolute Gasteiger partial charge is 0.445 e. The number of ether oxygens (including phenoxy) is 1. The molecular formula is C19H24N4O5. The van der Waals surface area contributed by atoms with Gasteiger partial charge in [0.15, 0.2) is 0 Å². The van der Waals surface area contributed by atoms with Crippen molar-refractivity contribution < 1.29 is 23.9 Å². The molecule has 0 spiro atoms. The quantitative estimate of drug-likeness (QED) is 0.710. The van der Waals surface area contributed by atoms with Crippen molar-refractivity contribution in [3.63, 3.8) is 0 Å². The van der Waals surface area contributed by atoms with Crippen molar-refractivity contribution in [1.29, 1.82) is 0 Å². The van der Waals surface area contributed by atoms with Crippen molar-refractivity contribution in [3.8, 4) is 0 Å². The molecule has 4 amide bonds.